The standard InChI is InChI=1S/C11H12Cl2N2O2/c1-2-10(11(14)16)17-15-6-7-8(12)4-3-5-9(7)13/h3-6,10H,2H2,1H3,(H2,14,16). The lowest BCUT2D eigenvalue weighted by atomic mass is 10.2. The van der Waals surface area contributed by atoms with Gasteiger partial charge in [0.05, 0.1) is 16.3 Å². The molecule has 0 heterocycles. The zero-order valence-corrected chi connectivity index (χ0v) is 10.7. The first-order chi connectivity index (χ1) is 8.06. The second-order valence-corrected chi connectivity index (χ2v) is 4.09. The highest BCUT2D eigenvalue weighted by Crippen LogP contribution is 2.22. The molecular weight excluding hydrogens is 263 g/mol. The van der Waals surface area contributed by atoms with Gasteiger partial charge in [0.25, 0.3) is 5.91 Å². The molecule has 0 aliphatic rings. The molecule has 4 nitrogen and oxygen atoms in total. The second-order valence-electron chi connectivity index (χ2n) is 3.27. The van der Waals surface area contributed by atoms with Crippen LogP contribution in [0.5, 0.6) is 0 Å². The van der Waals surface area contributed by atoms with Crippen LogP contribution < -0.4 is 5.73 Å². The van der Waals surface area contributed by atoms with Crippen LogP contribution in [0.4, 0.5) is 0 Å². The first-order valence-corrected chi connectivity index (χ1v) is 5.74. The molecule has 0 aliphatic heterocycles. The first-order valence-electron chi connectivity index (χ1n) is 4.98. The predicted molar refractivity (Wildman–Crippen MR) is 68.4 cm³/mol. The number of hydrogen-bond donors (Lipinski definition) is 1. The van der Waals surface area contributed by atoms with Gasteiger partial charge in [-0.3, -0.25) is 4.79 Å². The normalized spacial score (nSPS) is 12.6. The summed E-state index contributed by atoms with van der Waals surface area (Å²) in [5, 5.41) is 4.57. The summed E-state index contributed by atoms with van der Waals surface area (Å²) >= 11 is 11.8. The van der Waals surface area contributed by atoms with E-state index in [1.165, 1.54) is 6.21 Å². The summed E-state index contributed by atoms with van der Waals surface area (Å²) in [4.78, 5) is 15.8. The summed E-state index contributed by atoms with van der Waals surface area (Å²) in [5.74, 6) is -0.560. The lowest BCUT2D eigenvalue weighted by molar-refractivity contribution is -0.129. The SMILES string of the molecule is CCC(ON=Cc1c(Cl)cccc1Cl)C(N)=O. The van der Waals surface area contributed by atoms with E-state index in [1.807, 2.05) is 0 Å². The average Bonchev–Trinajstić information content (AvgIpc) is 2.27. The maximum Gasteiger partial charge on any atom is 0.261 e. The third-order valence-corrected chi connectivity index (χ3v) is 2.72. The Morgan fingerprint density at radius 1 is 1.53 bits per heavy atom. The molecule has 1 aromatic rings. The fourth-order valence-electron chi connectivity index (χ4n) is 1.12. The molecule has 1 amide bonds. The van der Waals surface area contributed by atoms with Crippen molar-refractivity contribution in [3.05, 3.63) is 33.8 Å². The predicted octanol–water partition coefficient (Wildman–Crippen LogP) is 2.61. The van der Waals surface area contributed by atoms with Crippen molar-refractivity contribution in [2.45, 2.75) is 19.4 Å². The number of oxime groups is 1. The summed E-state index contributed by atoms with van der Waals surface area (Å²) in [6.07, 6.45) is 1.06. The number of benzene rings is 1. The van der Waals surface area contributed by atoms with E-state index in [9.17, 15) is 4.79 Å². The van der Waals surface area contributed by atoms with Gasteiger partial charge in [0.1, 0.15) is 0 Å². The van der Waals surface area contributed by atoms with Crippen molar-refractivity contribution in [1.29, 1.82) is 0 Å². The van der Waals surface area contributed by atoms with Gasteiger partial charge in [0.2, 0.25) is 6.10 Å². The molecule has 0 aliphatic carbocycles. The minimum absolute atomic E-state index is 0.447. The van der Waals surface area contributed by atoms with Crippen LogP contribution in [0, 0.1) is 0 Å². The molecule has 0 saturated carbocycles. The van der Waals surface area contributed by atoms with Gasteiger partial charge in [0.15, 0.2) is 0 Å². The summed E-state index contributed by atoms with van der Waals surface area (Å²) in [7, 11) is 0. The van der Waals surface area contributed by atoms with Crippen molar-refractivity contribution >= 4 is 35.3 Å². The Bertz CT molecular complexity index is 415. The number of primary amides is 1. The number of carbonyl (C=O) groups excluding carboxylic acids is 1. The number of carbonyl (C=O) groups is 1. The van der Waals surface area contributed by atoms with E-state index in [0.717, 1.165) is 0 Å². The fourth-order valence-corrected chi connectivity index (χ4v) is 1.61. The van der Waals surface area contributed by atoms with Gasteiger partial charge < -0.3 is 10.6 Å². The maximum absolute atomic E-state index is 10.9. The van der Waals surface area contributed by atoms with Gasteiger partial charge in [-0.05, 0) is 18.6 Å². The Hall–Kier alpha value is -1.26. The van der Waals surface area contributed by atoms with Crippen LogP contribution in [-0.2, 0) is 9.63 Å². The zero-order valence-electron chi connectivity index (χ0n) is 9.19. The molecule has 17 heavy (non-hydrogen) atoms. The van der Waals surface area contributed by atoms with Crippen LogP contribution in [-0.4, -0.2) is 18.2 Å². The zero-order chi connectivity index (χ0) is 12.8. The highest BCUT2D eigenvalue weighted by molar-refractivity contribution is 6.38. The van der Waals surface area contributed by atoms with Crippen molar-refractivity contribution in [1.82, 2.24) is 0 Å². The Morgan fingerprint density at radius 3 is 2.59 bits per heavy atom. The fraction of sp³-hybridized carbons (Fsp3) is 0.273. The van der Waals surface area contributed by atoms with Gasteiger partial charge in [-0.25, -0.2) is 0 Å². The lowest BCUT2D eigenvalue weighted by Gasteiger charge is -2.07. The molecule has 0 saturated heterocycles. The largest absolute Gasteiger partial charge is 0.382 e. The van der Waals surface area contributed by atoms with E-state index in [1.54, 1.807) is 25.1 Å². The molecule has 2 N–H and O–H groups in total. The van der Waals surface area contributed by atoms with Crippen LogP contribution in [0.1, 0.15) is 18.9 Å². The minimum Gasteiger partial charge on any atom is -0.382 e. The van der Waals surface area contributed by atoms with Crippen molar-refractivity contribution in [3.63, 3.8) is 0 Å². The Labute approximate surface area is 109 Å². The summed E-state index contributed by atoms with van der Waals surface area (Å²) in [5.41, 5.74) is 5.63. The quantitative estimate of drug-likeness (QED) is 0.663. The lowest BCUT2D eigenvalue weighted by Crippen LogP contribution is -2.29. The molecule has 1 atom stereocenters. The van der Waals surface area contributed by atoms with Crippen molar-refractivity contribution in [2.24, 2.45) is 10.9 Å². The third kappa shape index (κ3) is 3.91. The van der Waals surface area contributed by atoms with Gasteiger partial charge >= 0.3 is 0 Å². The van der Waals surface area contributed by atoms with Gasteiger partial charge in [0, 0.05) is 5.56 Å². The molecule has 0 fully saturated rings. The average molecular weight is 275 g/mol. The number of hydrogen-bond acceptors (Lipinski definition) is 3. The number of halogens is 2. The van der Waals surface area contributed by atoms with Crippen LogP contribution in [0.3, 0.4) is 0 Å². The number of nitrogens with zero attached hydrogens (tertiary/aromatic N) is 1. The monoisotopic (exact) mass is 274 g/mol. The first kappa shape index (κ1) is 13.8. The summed E-state index contributed by atoms with van der Waals surface area (Å²) in [6.45, 7) is 1.77. The Balaban J connectivity index is 2.74. The van der Waals surface area contributed by atoms with E-state index in [2.05, 4.69) is 5.16 Å². The van der Waals surface area contributed by atoms with Gasteiger partial charge in [-0.1, -0.05) is 41.3 Å². The number of rotatable bonds is 5. The molecule has 6 heteroatoms. The third-order valence-electron chi connectivity index (χ3n) is 2.06. The van der Waals surface area contributed by atoms with Gasteiger partial charge in [-0.2, -0.15) is 0 Å². The summed E-state index contributed by atoms with van der Waals surface area (Å²) < 4.78 is 0. The van der Waals surface area contributed by atoms with Gasteiger partial charge in [-0.15, -0.1) is 0 Å². The Kier molecular flexibility index (Phi) is 5.25. The molecular formula is C11H12Cl2N2O2. The number of amides is 1. The molecule has 92 valence electrons. The molecule has 1 unspecified atom stereocenters. The highest BCUT2D eigenvalue weighted by Gasteiger charge is 2.13. The molecule has 1 aromatic carbocycles. The molecule has 1 rings (SSSR count). The van der Waals surface area contributed by atoms with Crippen LogP contribution >= 0.6 is 23.2 Å². The highest BCUT2D eigenvalue weighted by atomic mass is 35.5. The molecule has 0 bridgehead atoms. The van der Waals surface area contributed by atoms with E-state index in [0.29, 0.717) is 22.0 Å². The molecule has 0 radical (unpaired) electrons. The van der Waals surface area contributed by atoms with E-state index in [-0.39, 0.29) is 0 Å². The van der Waals surface area contributed by atoms with Crippen molar-refractivity contribution in [2.75, 3.05) is 0 Å². The van der Waals surface area contributed by atoms with Crippen LogP contribution in [0.25, 0.3) is 0 Å². The van der Waals surface area contributed by atoms with E-state index < -0.39 is 12.0 Å². The van der Waals surface area contributed by atoms with Crippen LogP contribution in [0.2, 0.25) is 10.0 Å². The van der Waals surface area contributed by atoms with Crippen molar-refractivity contribution < 1.29 is 9.63 Å². The second kappa shape index (κ2) is 6.47. The molecule has 0 spiro atoms. The Morgan fingerprint density at radius 2 is 2.12 bits per heavy atom. The van der Waals surface area contributed by atoms with E-state index >= 15 is 0 Å². The smallest absolute Gasteiger partial charge is 0.261 e. The van der Waals surface area contributed by atoms with E-state index in [4.69, 9.17) is 33.8 Å². The maximum atomic E-state index is 10.9. The summed E-state index contributed by atoms with van der Waals surface area (Å²) in [6, 6.07) is 5.08. The van der Waals surface area contributed by atoms with Crippen molar-refractivity contribution in [3.8, 4) is 0 Å². The topological polar surface area (TPSA) is 64.7 Å². The molecule has 0 aromatic heterocycles. The van der Waals surface area contributed by atoms with Crippen LogP contribution in [0.15, 0.2) is 23.4 Å². The minimum atomic E-state index is -0.743. The number of nitrogens with two attached hydrogens (primary N) is 1.